The number of hydrogen-bond donors (Lipinski definition) is 2. The van der Waals surface area contributed by atoms with Gasteiger partial charge in [0.15, 0.2) is 5.82 Å². The van der Waals surface area contributed by atoms with E-state index in [1.54, 1.807) is 17.0 Å². The minimum atomic E-state index is -0.994. The fourth-order valence-corrected chi connectivity index (χ4v) is 5.43. The summed E-state index contributed by atoms with van der Waals surface area (Å²) in [6, 6.07) is 4.78. The minimum absolute atomic E-state index is 0.0134. The lowest BCUT2D eigenvalue weighted by Gasteiger charge is -2.39. The van der Waals surface area contributed by atoms with Gasteiger partial charge in [-0.3, -0.25) is 10.1 Å². The number of ether oxygens (including phenoxy) is 2. The molecule has 1 aromatic carbocycles. The van der Waals surface area contributed by atoms with Crippen molar-refractivity contribution in [2.24, 2.45) is 0 Å². The van der Waals surface area contributed by atoms with Gasteiger partial charge in [-0.1, -0.05) is 6.07 Å². The molecule has 2 aliphatic heterocycles. The molecule has 1 aliphatic carbocycles. The molecule has 3 fully saturated rings. The molecule has 2 amide bonds. The molecule has 0 bridgehead atoms. The largest absolute Gasteiger partial charge is 0.444 e. The first kappa shape index (κ1) is 29.3. The van der Waals surface area contributed by atoms with E-state index >= 15 is 4.39 Å². The fraction of sp³-hybridized carbons (Fsp3) is 0.600. The first-order valence-electron chi connectivity index (χ1n) is 14.5. The van der Waals surface area contributed by atoms with Crippen LogP contribution < -0.4 is 5.32 Å². The second-order valence-electron chi connectivity index (χ2n) is 12.1. The molecule has 2 saturated heterocycles. The van der Waals surface area contributed by atoms with Gasteiger partial charge >= 0.3 is 6.09 Å². The van der Waals surface area contributed by atoms with Crippen LogP contribution in [0.5, 0.6) is 0 Å². The summed E-state index contributed by atoms with van der Waals surface area (Å²) in [5.74, 6) is -0.528. The fourth-order valence-electron chi connectivity index (χ4n) is 5.43. The Morgan fingerprint density at radius 3 is 2.29 bits per heavy atom. The number of rotatable bonds is 7. The number of aliphatic hydroxyl groups excluding tert-OH is 1. The van der Waals surface area contributed by atoms with Crippen molar-refractivity contribution in [3.63, 3.8) is 0 Å². The standard InChI is InChI=1S/C30H40FN5O5/c1-30(2,3)41-29(39)35-12-8-23(9-13-35)36(22-5-6-22)28(38)20-17-32-26(33-18-20)24-7-4-19(16-25(24)31)27(37)34-21-10-14-40-15-11-21/h4,7,16-18,21-23,27,34,37H,5-6,8-15H2,1-3H3. The summed E-state index contributed by atoms with van der Waals surface area (Å²) >= 11 is 0. The van der Waals surface area contributed by atoms with Gasteiger partial charge in [-0.15, -0.1) is 0 Å². The average molecular weight is 570 g/mol. The smallest absolute Gasteiger partial charge is 0.410 e. The summed E-state index contributed by atoms with van der Waals surface area (Å²) < 4.78 is 25.9. The first-order valence-corrected chi connectivity index (χ1v) is 14.5. The number of hydrogen-bond acceptors (Lipinski definition) is 8. The number of aliphatic hydroxyl groups is 1. The van der Waals surface area contributed by atoms with E-state index < -0.39 is 17.6 Å². The normalized spacial score (nSPS) is 19.6. The number of carbonyl (C=O) groups excluding carboxylic acids is 2. The van der Waals surface area contributed by atoms with Crippen LogP contribution in [-0.2, 0) is 9.47 Å². The Hall–Kier alpha value is -3.15. The van der Waals surface area contributed by atoms with Gasteiger partial charge in [0.25, 0.3) is 5.91 Å². The van der Waals surface area contributed by atoms with E-state index in [2.05, 4.69) is 15.3 Å². The topological polar surface area (TPSA) is 117 Å². The molecular weight excluding hydrogens is 529 g/mol. The maximum Gasteiger partial charge on any atom is 0.410 e. The maximum absolute atomic E-state index is 15.0. The third-order valence-electron chi connectivity index (χ3n) is 7.75. The Kier molecular flexibility index (Phi) is 8.86. The van der Waals surface area contributed by atoms with Crippen LogP contribution in [0.3, 0.4) is 0 Å². The van der Waals surface area contributed by atoms with Crippen molar-refractivity contribution < 1.29 is 28.6 Å². The van der Waals surface area contributed by atoms with Crippen LogP contribution in [0, 0.1) is 5.82 Å². The third kappa shape index (κ3) is 7.38. The van der Waals surface area contributed by atoms with Crippen molar-refractivity contribution in [1.82, 2.24) is 25.1 Å². The Morgan fingerprint density at radius 1 is 1.07 bits per heavy atom. The highest BCUT2D eigenvalue weighted by Gasteiger charge is 2.40. The molecule has 1 saturated carbocycles. The molecule has 1 aromatic heterocycles. The van der Waals surface area contributed by atoms with Crippen molar-refractivity contribution in [1.29, 1.82) is 0 Å². The predicted molar refractivity (Wildman–Crippen MR) is 149 cm³/mol. The number of amides is 2. The summed E-state index contributed by atoms with van der Waals surface area (Å²) in [6.45, 7) is 7.87. The highest BCUT2D eigenvalue weighted by molar-refractivity contribution is 5.94. The van der Waals surface area contributed by atoms with Gasteiger partial charge in [-0.25, -0.2) is 19.2 Å². The second-order valence-corrected chi connectivity index (χ2v) is 12.1. The van der Waals surface area contributed by atoms with Gasteiger partial charge < -0.3 is 24.4 Å². The summed E-state index contributed by atoms with van der Waals surface area (Å²) in [5.41, 5.74) is 0.412. The van der Waals surface area contributed by atoms with Crippen molar-refractivity contribution in [3.05, 3.63) is 47.5 Å². The molecule has 11 heteroatoms. The van der Waals surface area contributed by atoms with Crippen molar-refractivity contribution in [2.45, 2.75) is 89.3 Å². The zero-order valence-corrected chi connectivity index (χ0v) is 24.0. The summed E-state index contributed by atoms with van der Waals surface area (Å²) in [5, 5.41) is 13.7. The third-order valence-corrected chi connectivity index (χ3v) is 7.75. The number of nitrogens with zero attached hydrogens (tertiary/aromatic N) is 4. The molecule has 10 nitrogen and oxygen atoms in total. The van der Waals surface area contributed by atoms with Crippen LogP contribution in [0.1, 0.15) is 81.4 Å². The quantitative estimate of drug-likeness (QED) is 0.480. The lowest BCUT2D eigenvalue weighted by Crippen LogP contribution is -2.50. The molecule has 3 aliphatic rings. The molecular formula is C30H40FN5O5. The van der Waals surface area contributed by atoms with E-state index in [1.807, 2.05) is 25.7 Å². The summed E-state index contributed by atoms with van der Waals surface area (Å²) in [7, 11) is 0. The van der Waals surface area contributed by atoms with E-state index in [9.17, 15) is 14.7 Å². The van der Waals surface area contributed by atoms with Crippen LogP contribution in [0.25, 0.3) is 11.4 Å². The predicted octanol–water partition coefficient (Wildman–Crippen LogP) is 4.05. The number of nitrogens with one attached hydrogen (secondary N) is 1. The molecule has 3 heterocycles. The lowest BCUT2D eigenvalue weighted by atomic mass is 10.0. The number of halogens is 1. The van der Waals surface area contributed by atoms with Crippen LogP contribution in [-0.4, -0.2) is 86.9 Å². The molecule has 41 heavy (non-hydrogen) atoms. The van der Waals surface area contributed by atoms with Crippen LogP contribution in [0.15, 0.2) is 30.6 Å². The molecule has 2 aromatic rings. The van der Waals surface area contributed by atoms with Gasteiger partial charge in [0.2, 0.25) is 0 Å². The van der Waals surface area contributed by atoms with Gasteiger partial charge in [0.1, 0.15) is 17.6 Å². The van der Waals surface area contributed by atoms with Gasteiger partial charge in [-0.05, 0) is 77.0 Å². The van der Waals surface area contributed by atoms with Crippen molar-refractivity contribution in [2.75, 3.05) is 26.3 Å². The average Bonchev–Trinajstić information content (AvgIpc) is 3.78. The molecule has 0 spiro atoms. The molecule has 1 atom stereocenters. The number of piperidine rings is 1. The van der Waals surface area contributed by atoms with E-state index in [4.69, 9.17) is 9.47 Å². The number of aromatic nitrogens is 2. The van der Waals surface area contributed by atoms with Gasteiger partial charge in [-0.2, -0.15) is 0 Å². The van der Waals surface area contributed by atoms with E-state index in [0.717, 1.165) is 25.7 Å². The van der Waals surface area contributed by atoms with Crippen molar-refractivity contribution in [3.8, 4) is 11.4 Å². The van der Waals surface area contributed by atoms with E-state index in [-0.39, 0.29) is 41.5 Å². The Balaban J connectivity index is 1.22. The maximum atomic E-state index is 15.0. The van der Waals surface area contributed by atoms with Crippen LogP contribution >= 0.6 is 0 Å². The summed E-state index contributed by atoms with van der Waals surface area (Å²) in [6.07, 6.45) is 6.41. The highest BCUT2D eigenvalue weighted by atomic mass is 19.1. The van der Waals surface area contributed by atoms with Gasteiger partial charge in [0, 0.05) is 56.8 Å². The lowest BCUT2D eigenvalue weighted by molar-refractivity contribution is 0.0142. The Labute approximate surface area is 240 Å². The zero-order chi connectivity index (χ0) is 29.1. The van der Waals surface area contributed by atoms with Crippen LogP contribution in [0.4, 0.5) is 9.18 Å². The second kappa shape index (κ2) is 12.4. The van der Waals surface area contributed by atoms with Gasteiger partial charge in [0.05, 0.1) is 11.1 Å². The molecule has 222 valence electrons. The van der Waals surface area contributed by atoms with Crippen molar-refractivity contribution >= 4 is 12.0 Å². The molecule has 1 unspecified atom stereocenters. The Morgan fingerprint density at radius 2 is 1.71 bits per heavy atom. The number of likely N-dealkylation sites (tertiary alicyclic amines) is 1. The number of carbonyl (C=O) groups is 2. The molecule has 2 N–H and O–H groups in total. The highest BCUT2D eigenvalue weighted by Crippen LogP contribution is 2.33. The monoisotopic (exact) mass is 569 g/mol. The molecule has 0 radical (unpaired) electrons. The summed E-state index contributed by atoms with van der Waals surface area (Å²) in [4.78, 5) is 38.3. The van der Waals surface area contributed by atoms with E-state index in [0.29, 0.717) is 50.3 Å². The zero-order valence-electron chi connectivity index (χ0n) is 24.0. The van der Waals surface area contributed by atoms with Crippen LogP contribution in [0.2, 0.25) is 0 Å². The SMILES string of the molecule is CC(C)(C)OC(=O)N1CCC(N(C(=O)c2cnc(-c3ccc(C(O)NC4CCOCC4)cc3F)nc2)C2CC2)CC1. The Bertz CT molecular complexity index is 1220. The first-order chi connectivity index (χ1) is 19.6. The molecule has 5 rings (SSSR count). The minimum Gasteiger partial charge on any atom is -0.444 e. The van der Waals surface area contributed by atoms with E-state index in [1.165, 1.54) is 18.5 Å². The number of benzene rings is 1.